The van der Waals surface area contributed by atoms with Crippen molar-refractivity contribution >= 4 is 5.69 Å². The Labute approximate surface area is 114 Å². The van der Waals surface area contributed by atoms with Crippen molar-refractivity contribution in [1.29, 1.82) is 0 Å². The van der Waals surface area contributed by atoms with Crippen LogP contribution in [0.4, 0.5) is 10.1 Å². The Morgan fingerprint density at radius 3 is 2.89 bits per heavy atom. The van der Waals surface area contributed by atoms with Crippen LogP contribution in [0.1, 0.15) is 32.3 Å². The average Bonchev–Trinajstić information content (AvgIpc) is 2.40. The van der Waals surface area contributed by atoms with Crippen molar-refractivity contribution in [3.05, 3.63) is 29.6 Å². The highest BCUT2D eigenvalue weighted by Crippen LogP contribution is 2.52. The highest BCUT2D eigenvalue weighted by atomic mass is 19.1. The fraction of sp³-hybridized carbons (Fsp3) is 0.625. The number of aryl methyl sites for hydroxylation is 1. The van der Waals surface area contributed by atoms with Gasteiger partial charge in [-0.25, -0.2) is 4.39 Å². The molecule has 1 saturated carbocycles. The van der Waals surface area contributed by atoms with Crippen LogP contribution in [0.3, 0.4) is 0 Å². The summed E-state index contributed by atoms with van der Waals surface area (Å²) in [5.74, 6) is 0.450. The molecular weight excluding hydrogens is 241 g/mol. The molecule has 0 spiro atoms. The number of fused-ring (bicyclic) bond motifs is 1. The van der Waals surface area contributed by atoms with E-state index in [1.165, 1.54) is 12.5 Å². The van der Waals surface area contributed by atoms with Crippen LogP contribution >= 0.6 is 0 Å². The van der Waals surface area contributed by atoms with Crippen molar-refractivity contribution in [3.8, 4) is 0 Å². The van der Waals surface area contributed by atoms with Gasteiger partial charge in [0.05, 0.1) is 6.10 Å². The summed E-state index contributed by atoms with van der Waals surface area (Å²) in [5, 5.41) is 3.59. The van der Waals surface area contributed by atoms with Crippen LogP contribution in [-0.4, -0.2) is 18.8 Å². The summed E-state index contributed by atoms with van der Waals surface area (Å²) in [7, 11) is 0. The van der Waals surface area contributed by atoms with Crippen molar-refractivity contribution < 1.29 is 9.13 Å². The van der Waals surface area contributed by atoms with E-state index >= 15 is 0 Å². The zero-order valence-corrected chi connectivity index (χ0v) is 11.9. The summed E-state index contributed by atoms with van der Waals surface area (Å²) in [6.45, 7) is 7.22. The van der Waals surface area contributed by atoms with E-state index < -0.39 is 0 Å². The molecule has 1 aromatic rings. The Morgan fingerprint density at radius 2 is 2.16 bits per heavy atom. The minimum absolute atomic E-state index is 0.141. The summed E-state index contributed by atoms with van der Waals surface area (Å²) in [4.78, 5) is 0. The lowest BCUT2D eigenvalue weighted by Crippen LogP contribution is -2.67. The fourth-order valence-corrected chi connectivity index (χ4v) is 3.73. The number of nitrogens with one attached hydrogen (secondary N) is 1. The third kappa shape index (κ3) is 2.04. The van der Waals surface area contributed by atoms with Crippen LogP contribution in [0, 0.1) is 24.1 Å². The van der Waals surface area contributed by atoms with Crippen LogP contribution in [0.5, 0.6) is 0 Å². The Balaban J connectivity index is 1.77. The Bertz CT molecular complexity index is 486. The zero-order chi connectivity index (χ0) is 13.6. The molecule has 1 saturated heterocycles. The van der Waals surface area contributed by atoms with E-state index in [4.69, 9.17) is 4.74 Å². The second-order valence-electron chi connectivity index (χ2n) is 6.50. The summed E-state index contributed by atoms with van der Waals surface area (Å²) in [6, 6.07) is 5.68. The van der Waals surface area contributed by atoms with E-state index in [2.05, 4.69) is 19.2 Å². The van der Waals surface area contributed by atoms with Gasteiger partial charge < -0.3 is 10.1 Å². The molecule has 1 N–H and O–H groups in total. The molecule has 1 aromatic carbocycles. The Hall–Kier alpha value is -1.09. The quantitative estimate of drug-likeness (QED) is 0.877. The molecular formula is C16H22FNO. The normalized spacial score (nSPS) is 32.3. The first kappa shape index (κ1) is 12.9. The largest absolute Gasteiger partial charge is 0.381 e. The third-order valence-electron chi connectivity index (χ3n) is 4.81. The number of halogens is 1. The van der Waals surface area contributed by atoms with Gasteiger partial charge in [-0.1, -0.05) is 13.8 Å². The van der Waals surface area contributed by atoms with Crippen molar-refractivity contribution in [1.82, 2.24) is 0 Å². The molecule has 3 unspecified atom stereocenters. The van der Waals surface area contributed by atoms with E-state index in [9.17, 15) is 4.39 Å². The molecule has 104 valence electrons. The van der Waals surface area contributed by atoms with Gasteiger partial charge in [0, 0.05) is 29.7 Å². The number of benzene rings is 1. The number of rotatable bonds is 2. The van der Waals surface area contributed by atoms with Gasteiger partial charge in [0.15, 0.2) is 0 Å². The van der Waals surface area contributed by atoms with E-state index in [1.807, 2.05) is 12.1 Å². The van der Waals surface area contributed by atoms with Crippen molar-refractivity contribution in [2.24, 2.45) is 11.3 Å². The lowest BCUT2D eigenvalue weighted by molar-refractivity contribution is -0.177. The van der Waals surface area contributed by atoms with Gasteiger partial charge in [-0.15, -0.1) is 0 Å². The first-order valence-electron chi connectivity index (χ1n) is 7.14. The van der Waals surface area contributed by atoms with Crippen molar-refractivity contribution in [2.75, 3.05) is 11.9 Å². The van der Waals surface area contributed by atoms with Crippen LogP contribution in [-0.2, 0) is 4.74 Å². The van der Waals surface area contributed by atoms with Crippen LogP contribution < -0.4 is 5.32 Å². The second kappa shape index (κ2) is 4.48. The van der Waals surface area contributed by atoms with Gasteiger partial charge in [0.2, 0.25) is 0 Å². The predicted molar refractivity (Wildman–Crippen MR) is 74.8 cm³/mol. The molecule has 0 radical (unpaired) electrons. The van der Waals surface area contributed by atoms with E-state index in [0.29, 0.717) is 23.6 Å². The molecule has 0 bridgehead atoms. The maximum absolute atomic E-state index is 13.3. The first-order chi connectivity index (χ1) is 9.00. The lowest BCUT2D eigenvalue weighted by Gasteiger charge is -2.60. The van der Waals surface area contributed by atoms with Crippen LogP contribution in [0.2, 0.25) is 0 Å². The number of anilines is 1. The first-order valence-corrected chi connectivity index (χ1v) is 7.14. The standard InChI is InChI=1S/C16H22FNO/c1-10-9-11(6-7-13(10)17)18-14-12-5-4-8-19-15(12)16(14,2)3/h6-7,9,12,14-15,18H,4-5,8H2,1-3H3. The maximum atomic E-state index is 13.3. The van der Waals surface area contributed by atoms with E-state index in [1.54, 1.807) is 6.92 Å². The lowest BCUT2D eigenvalue weighted by atomic mass is 9.55. The average molecular weight is 263 g/mol. The number of hydrogen-bond donors (Lipinski definition) is 1. The summed E-state index contributed by atoms with van der Waals surface area (Å²) < 4.78 is 19.2. The predicted octanol–water partition coefficient (Wildman–Crippen LogP) is 3.75. The number of ether oxygens (including phenoxy) is 1. The van der Waals surface area contributed by atoms with Crippen LogP contribution in [0.15, 0.2) is 18.2 Å². The van der Waals surface area contributed by atoms with Crippen molar-refractivity contribution in [3.63, 3.8) is 0 Å². The topological polar surface area (TPSA) is 21.3 Å². The highest BCUT2D eigenvalue weighted by molar-refractivity contribution is 5.48. The summed E-state index contributed by atoms with van der Waals surface area (Å²) in [6.07, 6.45) is 2.75. The Kier molecular flexibility index (Phi) is 3.05. The summed E-state index contributed by atoms with van der Waals surface area (Å²) >= 11 is 0. The molecule has 3 atom stereocenters. The van der Waals surface area contributed by atoms with Gasteiger partial charge in [-0.2, -0.15) is 0 Å². The molecule has 1 aliphatic heterocycles. The van der Waals surface area contributed by atoms with Gasteiger partial charge in [0.1, 0.15) is 5.82 Å². The SMILES string of the molecule is Cc1cc(NC2C3CCCOC3C2(C)C)ccc1F. The minimum atomic E-state index is -0.141. The molecule has 3 heteroatoms. The Morgan fingerprint density at radius 1 is 1.37 bits per heavy atom. The van der Waals surface area contributed by atoms with Gasteiger partial charge >= 0.3 is 0 Å². The molecule has 1 heterocycles. The molecule has 2 fully saturated rings. The molecule has 0 amide bonds. The molecule has 2 aliphatic rings. The fourth-order valence-electron chi connectivity index (χ4n) is 3.73. The van der Waals surface area contributed by atoms with E-state index in [0.717, 1.165) is 18.7 Å². The smallest absolute Gasteiger partial charge is 0.126 e. The monoisotopic (exact) mass is 263 g/mol. The molecule has 3 rings (SSSR count). The molecule has 1 aliphatic carbocycles. The minimum Gasteiger partial charge on any atom is -0.381 e. The van der Waals surface area contributed by atoms with Gasteiger partial charge in [-0.05, 0) is 43.5 Å². The van der Waals surface area contributed by atoms with Crippen LogP contribution in [0.25, 0.3) is 0 Å². The summed E-state index contributed by atoms with van der Waals surface area (Å²) in [5.41, 5.74) is 1.85. The molecule has 19 heavy (non-hydrogen) atoms. The maximum Gasteiger partial charge on any atom is 0.126 e. The van der Waals surface area contributed by atoms with Gasteiger partial charge in [0.25, 0.3) is 0 Å². The molecule has 2 nitrogen and oxygen atoms in total. The number of hydrogen-bond acceptors (Lipinski definition) is 2. The zero-order valence-electron chi connectivity index (χ0n) is 11.9. The van der Waals surface area contributed by atoms with E-state index in [-0.39, 0.29) is 11.2 Å². The highest BCUT2D eigenvalue weighted by Gasteiger charge is 2.57. The molecule has 0 aromatic heterocycles. The second-order valence-corrected chi connectivity index (χ2v) is 6.50. The third-order valence-corrected chi connectivity index (χ3v) is 4.81. The van der Waals surface area contributed by atoms with Gasteiger partial charge in [-0.3, -0.25) is 0 Å². The van der Waals surface area contributed by atoms with Crippen molar-refractivity contribution in [2.45, 2.75) is 45.8 Å².